The van der Waals surface area contributed by atoms with Crippen LogP contribution < -0.4 is 10.5 Å². The second-order valence-electron chi connectivity index (χ2n) is 9.51. The van der Waals surface area contributed by atoms with Gasteiger partial charge < -0.3 is 19.9 Å². The van der Waals surface area contributed by atoms with Gasteiger partial charge >= 0.3 is 0 Å². The molecular weight excluding hydrogens is 454 g/mol. The Morgan fingerprint density at radius 3 is 2.64 bits per heavy atom. The molecule has 0 spiro atoms. The molecule has 0 saturated carbocycles. The predicted molar refractivity (Wildman–Crippen MR) is 137 cm³/mol. The Kier molecular flexibility index (Phi) is 8.34. The summed E-state index contributed by atoms with van der Waals surface area (Å²) >= 11 is 0. The number of hydrogen-bond donors (Lipinski definition) is 1. The average molecular weight is 488 g/mol. The fourth-order valence-electron chi connectivity index (χ4n) is 4.51. The summed E-state index contributed by atoms with van der Waals surface area (Å²) in [5.74, 6) is 1.23. The summed E-state index contributed by atoms with van der Waals surface area (Å²) < 4.78 is 11.2. The zero-order valence-corrected chi connectivity index (χ0v) is 21.0. The van der Waals surface area contributed by atoms with Gasteiger partial charge in [0.2, 0.25) is 11.7 Å². The maximum atomic E-state index is 10.9. The molecule has 1 aliphatic rings. The Bertz CT molecular complexity index is 1240. The Balaban J connectivity index is 1.41. The minimum atomic E-state index is -0.217. The minimum absolute atomic E-state index is 0.0217. The van der Waals surface area contributed by atoms with Gasteiger partial charge in [-0.3, -0.25) is 4.79 Å². The van der Waals surface area contributed by atoms with Crippen molar-refractivity contribution in [3.05, 3.63) is 53.1 Å². The first-order valence-electron chi connectivity index (χ1n) is 12.6. The number of benzene rings is 2. The molecule has 2 aromatic carbocycles. The number of unbranched alkanes of at least 4 members (excludes halogenated alkanes) is 2. The van der Waals surface area contributed by atoms with Crippen LogP contribution in [0.25, 0.3) is 22.8 Å². The lowest BCUT2D eigenvalue weighted by Crippen LogP contribution is -2.27. The van der Waals surface area contributed by atoms with Crippen LogP contribution in [-0.4, -0.2) is 46.7 Å². The number of ether oxygens (including phenoxy) is 1. The summed E-state index contributed by atoms with van der Waals surface area (Å²) in [6.07, 6.45) is 5.41. The summed E-state index contributed by atoms with van der Waals surface area (Å²) in [5, 5.41) is 13.7. The fourth-order valence-corrected chi connectivity index (χ4v) is 4.51. The number of amides is 1. The molecule has 1 aliphatic heterocycles. The van der Waals surface area contributed by atoms with Crippen LogP contribution in [0, 0.1) is 11.3 Å². The van der Waals surface area contributed by atoms with E-state index in [1.54, 1.807) is 12.1 Å². The van der Waals surface area contributed by atoms with Crippen LogP contribution in [0.4, 0.5) is 0 Å². The summed E-state index contributed by atoms with van der Waals surface area (Å²) in [6, 6.07) is 13.9. The van der Waals surface area contributed by atoms with Gasteiger partial charge in [0.1, 0.15) is 11.8 Å². The molecule has 3 aromatic rings. The van der Waals surface area contributed by atoms with Gasteiger partial charge in [0, 0.05) is 30.6 Å². The lowest BCUT2D eigenvalue weighted by atomic mass is 10.00. The van der Waals surface area contributed by atoms with Crippen molar-refractivity contribution in [1.82, 2.24) is 15.0 Å². The van der Waals surface area contributed by atoms with Crippen molar-refractivity contribution < 1.29 is 14.1 Å². The molecule has 1 aromatic heterocycles. The van der Waals surface area contributed by atoms with Crippen molar-refractivity contribution in [3.8, 4) is 34.7 Å². The van der Waals surface area contributed by atoms with E-state index in [1.165, 1.54) is 11.1 Å². The van der Waals surface area contributed by atoms with E-state index < -0.39 is 0 Å². The van der Waals surface area contributed by atoms with Crippen molar-refractivity contribution in [2.75, 3.05) is 19.6 Å². The van der Waals surface area contributed by atoms with Gasteiger partial charge in [-0.1, -0.05) is 23.7 Å². The smallest absolute Gasteiger partial charge is 0.258 e. The van der Waals surface area contributed by atoms with Gasteiger partial charge in [0.25, 0.3) is 5.89 Å². The molecule has 8 heteroatoms. The molecule has 2 heterocycles. The number of nitriles is 1. The first-order chi connectivity index (χ1) is 17.4. The average Bonchev–Trinajstić information content (AvgIpc) is 3.26. The number of rotatable bonds is 10. The third-order valence-corrected chi connectivity index (χ3v) is 6.39. The fraction of sp³-hybridized carbons (Fsp3) is 0.429. The number of carbonyl (C=O) groups is 1. The summed E-state index contributed by atoms with van der Waals surface area (Å²) in [4.78, 5) is 18.0. The summed E-state index contributed by atoms with van der Waals surface area (Å²) in [5.41, 5.74) is 9.94. The van der Waals surface area contributed by atoms with Gasteiger partial charge in [-0.25, -0.2) is 0 Å². The van der Waals surface area contributed by atoms with Gasteiger partial charge in [0.15, 0.2) is 0 Å². The van der Waals surface area contributed by atoms with Crippen molar-refractivity contribution in [2.24, 2.45) is 5.73 Å². The molecule has 0 aliphatic carbocycles. The zero-order chi connectivity index (χ0) is 25.5. The number of primary amides is 1. The second kappa shape index (κ2) is 11.8. The topological polar surface area (TPSA) is 118 Å². The van der Waals surface area contributed by atoms with E-state index in [0.29, 0.717) is 35.0 Å². The monoisotopic (exact) mass is 487 g/mol. The van der Waals surface area contributed by atoms with Gasteiger partial charge in [-0.15, -0.1) is 0 Å². The first-order valence-corrected chi connectivity index (χ1v) is 12.6. The van der Waals surface area contributed by atoms with Crippen molar-refractivity contribution in [2.45, 2.75) is 58.5 Å². The number of nitrogens with two attached hydrogens (primary N) is 1. The molecule has 36 heavy (non-hydrogen) atoms. The summed E-state index contributed by atoms with van der Waals surface area (Å²) in [7, 11) is 0. The van der Waals surface area contributed by atoms with Crippen molar-refractivity contribution in [1.29, 1.82) is 5.26 Å². The number of carbonyl (C=O) groups excluding carboxylic acids is 1. The van der Waals surface area contributed by atoms with Crippen LogP contribution in [0.5, 0.6) is 5.75 Å². The molecule has 0 unspecified atom stereocenters. The van der Waals surface area contributed by atoms with Gasteiger partial charge in [-0.2, -0.15) is 10.2 Å². The SMILES string of the molecule is CC(C)Oc1ccc(-c2nc(-c3ccc4c(c3)CCN(CCCCCC(N)=O)CC4)no2)cc1C#N. The lowest BCUT2D eigenvalue weighted by molar-refractivity contribution is -0.118. The molecular formula is C28H33N5O3. The van der Waals surface area contributed by atoms with Crippen LogP contribution in [0.15, 0.2) is 40.9 Å². The normalized spacial score (nSPS) is 13.7. The highest BCUT2D eigenvalue weighted by Gasteiger charge is 2.18. The molecule has 0 atom stereocenters. The van der Waals surface area contributed by atoms with Crippen LogP contribution >= 0.6 is 0 Å². The van der Waals surface area contributed by atoms with Gasteiger partial charge in [-0.05, 0) is 81.5 Å². The molecule has 8 nitrogen and oxygen atoms in total. The number of nitrogens with zero attached hydrogens (tertiary/aromatic N) is 4. The van der Waals surface area contributed by atoms with E-state index in [1.807, 2.05) is 26.0 Å². The highest BCUT2D eigenvalue weighted by molar-refractivity contribution is 5.73. The summed E-state index contributed by atoms with van der Waals surface area (Å²) in [6.45, 7) is 6.93. The Morgan fingerprint density at radius 1 is 1.11 bits per heavy atom. The van der Waals surface area contributed by atoms with Crippen LogP contribution in [0.2, 0.25) is 0 Å². The Labute approximate surface area is 212 Å². The number of hydrogen-bond acceptors (Lipinski definition) is 7. The standard InChI is InChI=1S/C28H33N5O3/c1-19(2)35-25-10-9-23(17-24(25)18-29)28-31-27(32-36-28)22-8-7-20-11-14-33(15-12-21(20)16-22)13-5-3-4-6-26(30)34/h7-10,16-17,19H,3-6,11-15H2,1-2H3,(H2,30,34). The third kappa shape index (κ3) is 6.49. The Hall–Kier alpha value is -3.70. The Morgan fingerprint density at radius 2 is 1.89 bits per heavy atom. The zero-order valence-electron chi connectivity index (χ0n) is 21.0. The van der Waals surface area contributed by atoms with Crippen LogP contribution in [-0.2, 0) is 17.6 Å². The number of aromatic nitrogens is 2. The van der Waals surface area contributed by atoms with E-state index in [-0.39, 0.29) is 12.0 Å². The maximum Gasteiger partial charge on any atom is 0.258 e. The second-order valence-corrected chi connectivity index (χ2v) is 9.51. The van der Waals surface area contributed by atoms with Crippen LogP contribution in [0.1, 0.15) is 56.2 Å². The van der Waals surface area contributed by atoms with Crippen LogP contribution in [0.3, 0.4) is 0 Å². The molecule has 0 fully saturated rings. The van der Waals surface area contributed by atoms with E-state index in [2.05, 4.69) is 33.2 Å². The molecule has 2 N–H and O–H groups in total. The van der Waals surface area contributed by atoms with E-state index in [4.69, 9.17) is 15.0 Å². The first kappa shape index (κ1) is 25.4. The molecule has 0 radical (unpaired) electrons. The van der Waals surface area contributed by atoms with E-state index >= 15 is 0 Å². The molecule has 188 valence electrons. The third-order valence-electron chi connectivity index (χ3n) is 6.39. The van der Waals surface area contributed by atoms with E-state index in [9.17, 15) is 10.1 Å². The molecule has 0 bridgehead atoms. The lowest BCUT2D eigenvalue weighted by Gasteiger charge is -2.19. The molecule has 1 amide bonds. The highest BCUT2D eigenvalue weighted by Crippen LogP contribution is 2.29. The van der Waals surface area contributed by atoms with Crippen molar-refractivity contribution in [3.63, 3.8) is 0 Å². The van der Waals surface area contributed by atoms with Gasteiger partial charge in [0.05, 0.1) is 11.7 Å². The largest absolute Gasteiger partial charge is 0.490 e. The predicted octanol–water partition coefficient (Wildman–Crippen LogP) is 4.51. The minimum Gasteiger partial charge on any atom is -0.490 e. The highest BCUT2D eigenvalue weighted by atomic mass is 16.5. The number of fused-ring (bicyclic) bond motifs is 1. The van der Waals surface area contributed by atoms with Crippen molar-refractivity contribution >= 4 is 5.91 Å². The molecule has 4 rings (SSSR count). The quantitative estimate of drug-likeness (QED) is 0.418. The maximum absolute atomic E-state index is 10.9. The van der Waals surface area contributed by atoms with E-state index in [0.717, 1.165) is 57.3 Å². The molecule has 0 saturated heterocycles.